The van der Waals surface area contributed by atoms with E-state index < -0.39 is 8.80 Å². The van der Waals surface area contributed by atoms with Gasteiger partial charge >= 0.3 is 8.80 Å². The summed E-state index contributed by atoms with van der Waals surface area (Å²) in [5.74, 6) is 0. The fourth-order valence-electron chi connectivity index (χ4n) is 1.94. The van der Waals surface area contributed by atoms with E-state index in [1.54, 1.807) is 21.3 Å². The predicted octanol–water partition coefficient (Wildman–Crippen LogP) is 0.423. The lowest BCUT2D eigenvalue weighted by Crippen LogP contribution is -2.49. The summed E-state index contributed by atoms with van der Waals surface area (Å²) in [6.07, 6.45) is 1.89. The zero-order chi connectivity index (χ0) is 13.4. The monoisotopic (exact) mass is 280 g/mol. The van der Waals surface area contributed by atoms with Crippen molar-refractivity contribution in [3.05, 3.63) is 0 Å². The molecule has 0 aromatic heterocycles. The summed E-state index contributed by atoms with van der Waals surface area (Å²) in [5, 5.41) is 9.44. The first-order valence-electron chi connectivity index (χ1n) is 6.18. The van der Waals surface area contributed by atoms with Crippen LogP contribution in [0.3, 0.4) is 0 Å². The molecular weight excluding hydrogens is 256 g/mol. The topological polar surface area (TPSA) is 69.7 Å². The molecule has 6 nitrogen and oxygen atoms in total. The molecule has 2 unspecified atom stereocenters. The van der Waals surface area contributed by atoms with Crippen LogP contribution in [0.15, 0.2) is 0 Å². The van der Waals surface area contributed by atoms with Gasteiger partial charge in [-0.1, -0.05) is 0 Å². The highest BCUT2D eigenvalue weighted by Crippen LogP contribution is 2.28. The Bertz CT molecular complexity index is 211. The summed E-state index contributed by atoms with van der Waals surface area (Å²) in [5.41, 5.74) is -0.113. The Kier molecular flexibility index (Phi) is 7.31. The van der Waals surface area contributed by atoms with Gasteiger partial charge in [0, 0.05) is 27.9 Å². The average Bonchev–Trinajstić information content (AvgIpc) is 3.22. The lowest BCUT2D eigenvalue weighted by Gasteiger charge is -2.31. The van der Waals surface area contributed by atoms with Crippen molar-refractivity contribution >= 4 is 8.80 Å². The first kappa shape index (κ1) is 16.0. The molecule has 1 N–H and O–H groups in total. The van der Waals surface area contributed by atoms with Crippen LogP contribution in [0.1, 0.15) is 12.8 Å². The van der Waals surface area contributed by atoms with Crippen molar-refractivity contribution in [3.63, 3.8) is 0 Å². The zero-order valence-electron chi connectivity index (χ0n) is 11.4. The first-order valence-corrected chi connectivity index (χ1v) is 7.98. The molecule has 0 bridgehead atoms. The maximum atomic E-state index is 9.44. The van der Waals surface area contributed by atoms with Gasteiger partial charge in [0.2, 0.25) is 0 Å². The van der Waals surface area contributed by atoms with Crippen molar-refractivity contribution in [1.82, 2.24) is 0 Å². The minimum Gasteiger partial charge on any atom is -0.396 e. The molecule has 1 fully saturated rings. The largest absolute Gasteiger partial charge is 0.505 e. The van der Waals surface area contributed by atoms with Crippen LogP contribution in [0.5, 0.6) is 0 Å². The molecule has 0 saturated carbocycles. The van der Waals surface area contributed by atoms with Crippen LogP contribution in [0, 0.1) is 0 Å². The Labute approximate surface area is 109 Å². The zero-order valence-corrected chi connectivity index (χ0v) is 12.4. The molecule has 1 rings (SSSR count). The molecule has 1 saturated heterocycles. The average molecular weight is 280 g/mol. The molecule has 1 aliphatic heterocycles. The fourth-order valence-corrected chi connectivity index (χ4v) is 4.22. The second kappa shape index (κ2) is 8.21. The van der Waals surface area contributed by atoms with Crippen molar-refractivity contribution in [2.45, 2.75) is 24.5 Å². The third-order valence-electron chi connectivity index (χ3n) is 3.12. The van der Waals surface area contributed by atoms with Crippen molar-refractivity contribution in [2.75, 3.05) is 47.8 Å². The van der Waals surface area contributed by atoms with E-state index in [2.05, 4.69) is 0 Å². The Morgan fingerprint density at radius 3 is 2.33 bits per heavy atom. The SMILES string of the molecule is CO[Si](OC)(OC)C(CO)CCCOCC1CO1. The Balaban J connectivity index is 2.25. The molecule has 2 atom stereocenters. The van der Waals surface area contributed by atoms with E-state index in [-0.39, 0.29) is 12.1 Å². The van der Waals surface area contributed by atoms with Gasteiger partial charge < -0.3 is 27.9 Å². The maximum absolute atomic E-state index is 9.44. The molecule has 0 aromatic rings. The maximum Gasteiger partial charge on any atom is 0.505 e. The van der Waals surface area contributed by atoms with Crippen LogP contribution in [-0.2, 0) is 22.8 Å². The van der Waals surface area contributed by atoms with Crippen LogP contribution >= 0.6 is 0 Å². The normalized spacial score (nSPS) is 21.0. The van der Waals surface area contributed by atoms with E-state index in [0.29, 0.717) is 19.3 Å². The van der Waals surface area contributed by atoms with Crippen molar-refractivity contribution in [1.29, 1.82) is 0 Å². The number of hydrogen-bond acceptors (Lipinski definition) is 6. The Morgan fingerprint density at radius 1 is 1.28 bits per heavy atom. The minimum absolute atomic E-state index is 0.00647. The number of hydrogen-bond donors (Lipinski definition) is 1. The number of ether oxygens (including phenoxy) is 2. The van der Waals surface area contributed by atoms with E-state index in [0.717, 1.165) is 19.4 Å². The lowest BCUT2D eigenvalue weighted by atomic mass is 10.2. The van der Waals surface area contributed by atoms with Gasteiger partial charge in [0.15, 0.2) is 0 Å². The van der Waals surface area contributed by atoms with E-state index in [9.17, 15) is 5.11 Å². The van der Waals surface area contributed by atoms with E-state index in [4.69, 9.17) is 22.8 Å². The third kappa shape index (κ3) is 4.58. The fraction of sp³-hybridized carbons (Fsp3) is 1.00. The number of epoxide rings is 1. The summed E-state index contributed by atoms with van der Waals surface area (Å²) in [6, 6.07) is 0. The summed E-state index contributed by atoms with van der Waals surface area (Å²) in [7, 11) is 1.93. The molecule has 1 heterocycles. The van der Waals surface area contributed by atoms with E-state index >= 15 is 0 Å². The number of aliphatic hydroxyl groups is 1. The Hall–Kier alpha value is -0.0231. The molecule has 0 aliphatic carbocycles. The van der Waals surface area contributed by atoms with Gasteiger partial charge in [-0.3, -0.25) is 0 Å². The summed E-state index contributed by atoms with van der Waals surface area (Å²) >= 11 is 0. The molecular formula is C11H24O6Si. The second-order valence-electron chi connectivity index (χ2n) is 4.27. The van der Waals surface area contributed by atoms with Crippen LogP contribution < -0.4 is 0 Å². The minimum atomic E-state index is -2.75. The highest BCUT2D eigenvalue weighted by molar-refractivity contribution is 6.62. The molecule has 0 radical (unpaired) electrons. The van der Waals surface area contributed by atoms with Crippen molar-refractivity contribution < 1.29 is 27.9 Å². The highest BCUT2D eigenvalue weighted by atomic mass is 28.4. The van der Waals surface area contributed by atoms with Gasteiger partial charge in [0.1, 0.15) is 6.10 Å². The van der Waals surface area contributed by atoms with Crippen molar-refractivity contribution in [2.24, 2.45) is 0 Å². The molecule has 0 spiro atoms. The van der Waals surface area contributed by atoms with Crippen molar-refractivity contribution in [3.8, 4) is 0 Å². The first-order chi connectivity index (χ1) is 8.72. The van der Waals surface area contributed by atoms with Gasteiger partial charge in [-0.15, -0.1) is 0 Å². The predicted molar refractivity (Wildman–Crippen MR) is 67.4 cm³/mol. The third-order valence-corrected chi connectivity index (χ3v) is 6.30. The van der Waals surface area contributed by atoms with Crippen LogP contribution in [0.25, 0.3) is 0 Å². The van der Waals surface area contributed by atoms with Gasteiger partial charge in [0.25, 0.3) is 0 Å². The number of aliphatic hydroxyl groups excluding tert-OH is 1. The molecule has 0 aromatic carbocycles. The standard InChI is InChI=1S/C11H24O6Si/c1-13-18(14-2,15-3)11(7-12)5-4-6-16-8-10-9-17-10/h10-12H,4-9H2,1-3H3. The smallest absolute Gasteiger partial charge is 0.396 e. The molecule has 108 valence electrons. The molecule has 1 aliphatic rings. The summed E-state index contributed by atoms with van der Waals surface area (Å²) in [4.78, 5) is 0. The van der Waals surface area contributed by atoms with Crippen LogP contribution in [-0.4, -0.2) is 67.8 Å². The quantitative estimate of drug-likeness (QED) is 0.336. The molecule has 18 heavy (non-hydrogen) atoms. The van der Waals surface area contributed by atoms with Gasteiger partial charge in [-0.05, 0) is 12.8 Å². The van der Waals surface area contributed by atoms with Crippen LogP contribution in [0.2, 0.25) is 5.54 Å². The van der Waals surface area contributed by atoms with Crippen LogP contribution in [0.4, 0.5) is 0 Å². The molecule has 0 amide bonds. The van der Waals surface area contributed by atoms with Gasteiger partial charge in [-0.25, -0.2) is 0 Å². The van der Waals surface area contributed by atoms with E-state index in [1.807, 2.05) is 0 Å². The summed E-state index contributed by atoms with van der Waals surface area (Å²) in [6.45, 7) is 2.11. The Morgan fingerprint density at radius 2 is 1.89 bits per heavy atom. The van der Waals surface area contributed by atoms with E-state index in [1.165, 1.54) is 0 Å². The molecule has 7 heteroatoms. The second-order valence-corrected chi connectivity index (χ2v) is 7.52. The lowest BCUT2D eigenvalue weighted by molar-refractivity contribution is 0.0868. The van der Waals surface area contributed by atoms with Gasteiger partial charge in [-0.2, -0.15) is 0 Å². The number of rotatable bonds is 11. The summed E-state index contributed by atoms with van der Waals surface area (Å²) < 4.78 is 26.6. The highest BCUT2D eigenvalue weighted by Gasteiger charge is 2.46. The van der Waals surface area contributed by atoms with Gasteiger partial charge in [0.05, 0.1) is 25.4 Å².